The molecule has 2 heterocycles. The Morgan fingerprint density at radius 3 is 2.59 bits per heavy atom. The normalized spacial score (nSPS) is 16.8. The summed E-state index contributed by atoms with van der Waals surface area (Å²) < 4.78 is 10.6. The van der Waals surface area contributed by atoms with Crippen LogP contribution in [-0.2, 0) is 4.79 Å². The van der Waals surface area contributed by atoms with Gasteiger partial charge in [-0.05, 0) is 61.4 Å². The zero-order valence-corrected chi connectivity index (χ0v) is 15.6. The average Bonchev–Trinajstić information content (AvgIpc) is 3.31. The maximum absolute atomic E-state index is 12.5. The molecule has 4 rings (SSSR count). The van der Waals surface area contributed by atoms with Crippen molar-refractivity contribution in [3.05, 3.63) is 59.5 Å². The lowest BCUT2D eigenvalue weighted by molar-refractivity contribution is -0.117. The molecule has 6 heteroatoms. The van der Waals surface area contributed by atoms with E-state index >= 15 is 0 Å². The lowest BCUT2D eigenvalue weighted by Crippen LogP contribution is -2.24. The lowest BCUT2D eigenvalue weighted by Gasteiger charge is -2.17. The first-order chi connectivity index (χ1) is 13.0. The molecule has 6 nitrogen and oxygen atoms in total. The van der Waals surface area contributed by atoms with E-state index in [1.54, 1.807) is 12.0 Å². The number of aromatic nitrogens is 2. The average molecular weight is 363 g/mol. The number of nitrogens with zero attached hydrogens (tertiary/aromatic N) is 3. The van der Waals surface area contributed by atoms with Gasteiger partial charge in [0.15, 0.2) is 0 Å². The van der Waals surface area contributed by atoms with Crippen LogP contribution >= 0.6 is 0 Å². The van der Waals surface area contributed by atoms with Crippen molar-refractivity contribution in [2.24, 2.45) is 0 Å². The highest BCUT2D eigenvalue weighted by Gasteiger charge is 2.35. The Kier molecular flexibility index (Phi) is 4.39. The number of amides is 1. The Balaban J connectivity index is 1.53. The SMILES string of the molecule is COc1ccc(-c2noc([C@@H]3CC(=O)N(c4ccc(C)c(C)c4)C3)n2)cc1. The quantitative estimate of drug-likeness (QED) is 0.703. The van der Waals surface area contributed by atoms with Gasteiger partial charge in [-0.1, -0.05) is 11.2 Å². The van der Waals surface area contributed by atoms with Gasteiger partial charge in [0.25, 0.3) is 0 Å². The molecular formula is C21H21N3O3. The van der Waals surface area contributed by atoms with Gasteiger partial charge in [0.05, 0.1) is 13.0 Å². The Morgan fingerprint density at radius 2 is 1.89 bits per heavy atom. The van der Waals surface area contributed by atoms with Crippen molar-refractivity contribution >= 4 is 11.6 Å². The van der Waals surface area contributed by atoms with Gasteiger partial charge in [-0.15, -0.1) is 0 Å². The summed E-state index contributed by atoms with van der Waals surface area (Å²) in [7, 11) is 1.62. The van der Waals surface area contributed by atoms with E-state index in [0.717, 1.165) is 17.0 Å². The second-order valence-electron chi connectivity index (χ2n) is 6.86. The molecule has 0 aliphatic carbocycles. The molecule has 1 aliphatic heterocycles. The molecule has 0 unspecified atom stereocenters. The van der Waals surface area contributed by atoms with E-state index < -0.39 is 0 Å². The van der Waals surface area contributed by atoms with Gasteiger partial charge in [0.1, 0.15) is 5.75 Å². The van der Waals surface area contributed by atoms with Gasteiger partial charge in [0, 0.05) is 24.2 Å². The first-order valence-electron chi connectivity index (χ1n) is 8.91. The monoisotopic (exact) mass is 363 g/mol. The number of rotatable bonds is 4. The predicted octanol–water partition coefficient (Wildman–Crippen LogP) is 3.88. The van der Waals surface area contributed by atoms with Crippen LogP contribution in [0, 0.1) is 13.8 Å². The number of carbonyl (C=O) groups excluding carboxylic acids is 1. The van der Waals surface area contributed by atoms with E-state index in [1.807, 2.05) is 42.5 Å². The van der Waals surface area contributed by atoms with Gasteiger partial charge in [-0.3, -0.25) is 4.79 Å². The summed E-state index contributed by atoms with van der Waals surface area (Å²) in [5.74, 6) is 1.77. The highest BCUT2D eigenvalue weighted by atomic mass is 16.5. The predicted molar refractivity (Wildman–Crippen MR) is 102 cm³/mol. The molecule has 3 aromatic rings. The molecule has 1 amide bonds. The van der Waals surface area contributed by atoms with Crippen LogP contribution in [0.1, 0.15) is 29.4 Å². The molecule has 1 aromatic heterocycles. The highest BCUT2D eigenvalue weighted by Crippen LogP contribution is 2.32. The third-order valence-corrected chi connectivity index (χ3v) is 5.07. The van der Waals surface area contributed by atoms with Crippen molar-refractivity contribution in [1.82, 2.24) is 10.1 Å². The molecule has 138 valence electrons. The fraction of sp³-hybridized carbons (Fsp3) is 0.286. The summed E-state index contributed by atoms with van der Waals surface area (Å²) in [6.45, 7) is 4.66. The van der Waals surface area contributed by atoms with Gasteiger partial charge >= 0.3 is 0 Å². The van der Waals surface area contributed by atoms with Crippen LogP contribution in [0.2, 0.25) is 0 Å². The first kappa shape index (κ1) is 17.3. The van der Waals surface area contributed by atoms with E-state index in [2.05, 4.69) is 24.0 Å². The zero-order chi connectivity index (χ0) is 19.0. The standard InChI is InChI=1S/C21H21N3O3/c1-13-4-7-17(10-14(13)2)24-12-16(11-19(24)25)21-22-20(23-27-21)15-5-8-18(26-3)9-6-15/h4-10,16H,11-12H2,1-3H3/t16-/m1/s1. The Morgan fingerprint density at radius 1 is 1.11 bits per heavy atom. The minimum absolute atomic E-state index is 0.0763. The van der Waals surface area contributed by atoms with Crippen molar-refractivity contribution in [1.29, 1.82) is 0 Å². The minimum atomic E-state index is -0.0985. The van der Waals surface area contributed by atoms with Crippen molar-refractivity contribution in [2.45, 2.75) is 26.2 Å². The van der Waals surface area contributed by atoms with Crippen molar-refractivity contribution in [2.75, 3.05) is 18.6 Å². The number of carbonyl (C=O) groups is 1. The summed E-state index contributed by atoms with van der Waals surface area (Å²) in [6, 6.07) is 13.5. The van der Waals surface area contributed by atoms with Crippen LogP contribution < -0.4 is 9.64 Å². The van der Waals surface area contributed by atoms with Crippen LogP contribution in [-0.4, -0.2) is 29.7 Å². The molecule has 27 heavy (non-hydrogen) atoms. The fourth-order valence-electron chi connectivity index (χ4n) is 3.27. The third kappa shape index (κ3) is 3.30. The second-order valence-corrected chi connectivity index (χ2v) is 6.86. The minimum Gasteiger partial charge on any atom is -0.497 e. The molecule has 2 aromatic carbocycles. The molecule has 1 fully saturated rings. The molecule has 0 N–H and O–H groups in total. The Hall–Kier alpha value is -3.15. The van der Waals surface area contributed by atoms with Crippen molar-refractivity contribution in [3.63, 3.8) is 0 Å². The summed E-state index contributed by atoms with van der Waals surface area (Å²) in [5, 5.41) is 4.08. The summed E-state index contributed by atoms with van der Waals surface area (Å²) >= 11 is 0. The van der Waals surface area contributed by atoms with Crippen molar-refractivity contribution < 1.29 is 14.1 Å². The number of benzene rings is 2. The Labute approximate surface area is 157 Å². The molecule has 0 radical (unpaired) electrons. The summed E-state index contributed by atoms with van der Waals surface area (Å²) in [4.78, 5) is 18.8. The third-order valence-electron chi connectivity index (χ3n) is 5.07. The van der Waals surface area contributed by atoms with E-state index in [0.29, 0.717) is 24.7 Å². The van der Waals surface area contributed by atoms with Crippen LogP contribution in [0.15, 0.2) is 47.0 Å². The molecule has 0 saturated carbocycles. The number of aryl methyl sites for hydroxylation is 2. The maximum Gasteiger partial charge on any atom is 0.232 e. The smallest absolute Gasteiger partial charge is 0.232 e. The molecule has 0 spiro atoms. The number of anilines is 1. The van der Waals surface area contributed by atoms with Gasteiger partial charge in [-0.2, -0.15) is 4.98 Å². The molecule has 1 atom stereocenters. The lowest BCUT2D eigenvalue weighted by atomic mass is 10.1. The van der Waals surface area contributed by atoms with Gasteiger partial charge < -0.3 is 14.2 Å². The second kappa shape index (κ2) is 6.87. The van der Waals surface area contributed by atoms with Crippen LogP contribution in [0.25, 0.3) is 11.4 Å². The number of hydrogen-bond donors (Lipinski definition) is 0. The first-order valence-corrected chi connectivity index (χ1v) is 8.91. The fourth-order valence-corrected chi connectivity index (χ4v) is 3.27. The van der Waals surface area contributed by atoms with Crippen LogP contribution in [0.5, 0.6) is 5.75 Å². The zero-order valence-electron chi connectivity index (χ0n) is 15.6. The van der Waals surface area contributed by atoms with E-state index in [9.17, 15) is 4.79 Å². The Bertz CT molecular complexity index is 979. The summed E-state index contributed by atoms with van der Waals surface area (Å²) in [5.41, 5.74) is 4.15. The topological polar surface area (TPSA) is 68.5 Å². The largest absolute Gasteiger partial charge is 0.497 e. The molecule has 0 bridgehead atoms. The van der Waals surface area contributed by atoms with E-state index in [-0.39, 0.29) is 11.8 Å². The van der Waals surface area contributed by atoms with Crippen molar-refractivity contribution in [3.8, 4) is 17.1 Å². The molecule has 1 aliphatic rings. The number of ether oxygens (including phenoxy) is 1. The maximum atomic E-state index is 12.5. The highest BCUT2D eigenvalue weighted by molar-refractivity contribution is 5.96. The molecular weight excluding hydrogens is 342 g/mol. The number of hydrogen-bond acceptors (Lipinski definition) is 5. The van der Waals surface area contributed by atoms with Gasteiger partial charge in [-0.25, -0.2) is 0 Å². The van der Waals surface area contributed by atoms with E-state index in [4.69, 9.17) is 9.26 Å². The van der Waals surface area contributed by atoms with E-state index in [1.165, 1.54) is 11.1 Å². The van der Waals surface area contributed by atoms with Crippen LogP contribution in [0.4, 0.5) is 5.69 Å². The number of methoxy groups -OCH3 is 1. The molecule has 1 saturated heterocycles. The van der Waals surface area contributed by atoms with Gasteiger partial charge in [0.2, 0.25) is 17.6 Å². The van der Waals surface area contributed by atoms with Crippen LogP contribution in [0.3, 0.4) is 0 Å². The summed E-state index contributed by atoms with van der Waals surface area (Å²) in [6.07, 6.45) is 0.372.